The van der Waals surface area contributed by atoms with Gasteiger partial charge in [0.1, 0.15) is 11.6 Å². The zero-order valence-electron chi connectivity index (χ0n) is 13.7. The molecule has 2 bridgehead atoms. The highest BCUT2D eigenvalue weighted by Crippen LogP contribution is 2.45. The molecule has 0 aromatic heterocycles. The van der Waals surface area contributed by atoms with Crippen molar-refractivity contribution in [3.63, 3.8) is 0 Å². The highest BCUT2D eigenvalue weighted by Gasteiger charge is 2.45. The summed E-state index contributed by atoms with van der Waals surface area (Å²) >= 11 is 0. The van der Waals surface area contributed by atoms with Gasteiger partial charge in [0.2, 0.25) is 5.91 Å². The van der Waals surface area contributed by atoms with E-state index in [1.165, 1.54) is 24.6 Å². The number of fused-ring (bicyclic) bond motifs is 2. The van der Waals surface area contributed by atoms with Crippen LogP contribution in [0.2, 0.25) is 0 Å². The van der Waals surface area contributed by atoms with Crippen LogP contribution in [0, 0.1) is 29.4 Å². The van der Waals surface area contributed by atoms with Gasteiger partial charge in [0, 0.05) is 29.5 Å². The van der Waals surface area contributed by atoms with Gasteiger partial charge in [-0.15, -0.1) is 0 Å². The molecule has 3 fully saturated rings. The predicted octanol–water partition coefficient (Wildman–Crippen LogP) is 3.09. The van der Waals surface area contributed by atoms with Gasteiger partial charge in [-0.05, 0) is 56.1 Å². The minimum Gasteiger partial charge on any atom is -0.352 e. The minimum absolute atomic E-state index is 0.00631. The largest absolute Gasteiger partial charge is 0.352 e. The number of rotatable bonds is 3. The molecule has 3 N–H and O–H groups in total. The molecule has 5 heteroatoms. The van der Waals surface area contributed by atoms with E-state index in [1.807, 2.05) is 0 Å². The third-order valence-corrected chi connectivity index (χ3v) is 6.27. The maximum absolute atomic E-state index is 13.8. The van der Waals surface area contributed by atoms with Crippen molar-refractivity contribution in [2.45, 2.75) is 56.5 Å². The molecule has 0 saturated heterocycles. The zero-order valence-corrected chi connectivity index (χ0v) is 13.7. The van der Waals surface area contributed by atoms with Crippen molar-refractivity contribution in [1.29, 1.82) is 0 Å². The molecular weight excluding hydrogens is 310 g/mol. The summed E-state index contributed by atoms with van der Waals surface area (Å²) in [5.74, 6) is -0.320. The Bertz CT molecular complexity index is 616. The number of carbonyl (C=O) groups is 1. The van der Waals surface area contributed by atoms with Crippen molar-refractivity contribution < 1.29 is 13.6 Å². The summed E-state index contributed by atoms with van der Waals surface area (Å²) in [6.07, 6.45) is 5.78. The fourth-order valence-corrected chi connectivity index (χ4v) is 4.84. The highest BCUT2D eigenvalue weighted by molar-refractivity contribution is 5.79. The van der Waals surface area contributed by atoms with Gasteiger partial charge >= 0.3 is 0 Å². The van der Waals surface area contributed by atoms with Crippen molar-refractivity contribution in [3.8, 4) is 0 Å². The van der Waals surface area contributed by atoms with E-state index in [1.54, 1.807) is 0 Å². The van der Waals surface area contributed by atoms with Crippen LogP contribution in [-0.4, -0.2) is 18.0 Å². The van der Waals surface area contributed by atoms with E-state index in [9.17, 15) is 13.6 Å². The third kappa shape index (κ3) is 2.83. The number of nitrogens with two attached hydrogens (primary N) is 1. The summed E-state index contributed by atoms with van der Waals surface area (Å²) < 4.78 is 27.7. The van der Waals surface area contributed by atoms with Crippen molar-refractivity contribution in [2.75, 3.05) is 0 Å². The van der Waals surface area contributed by atoms with Gasteiger partial charge in [-0.3, -0.25) is 4.79 Å². The zero-order chi connectivity index (χ0) is 16.8. The lowest BCUT2D eigenvalue weighted by atomic mass is 9.65. The quantitative estimate of drug-likeness (QED) is 0.892. The molecule has 0 radical (unpaired) electrons. The number of hydrogen-bond donors (Lipinski definition) is 2. The topological polar surface area (TPSA) is 55.1 Å². The SMILES string of the molecule is NC1C2CCCC1CC(C(=O)NC1CC1c1c(F)cccc1F)C2. The number of halogens is 2. The molecule has 0 aliphatic heterocycles. The molecule has 4 unspecified atom stereocenters. The van der Waals surface area contributed by atoms with E-state index in [0.29, 0.717) is 18.3 Å². The highest BCUT2D eigenvalue weighted by atomic mass is 19.1. The van der Waals surface area contributed by atoms with E-state index in [-0.39, 0.29) is 35.4 Å². The summed E-state index contributed by atoms with van der Waals surface area (Å²) in [7, 11) is 0. The lowest BCUT2D eigenvalue weighted by Crippen LogP contribution is -2.49. The molecule has 0 heterocycles. The van der Waals surface area contributed by atoms with Gasteiger partial charge in [-0.2, -0.15) is 0 Å². The maximum Gasteiger partial charge on any atom is 0.223 e. The first-order valence-electron chi connectivity index (χ1n) is 9.04. The van der Waals surface area contributed by atoms with Crippen molar-refractivity contribution >= 4 is 5.91 Å². The normalized spacial score (nSPS) is 37.8. The minimum atomic E-state index is -0.519. The number of benzene rings is 1. The van der Waals surface area contributed by atoms with Crippen LogP contribution in [0.25, 0.3) is 0 Å². The molecule has 3 saturated carbocycles. The first-order chi connectivity index (χ1) is 11.5. The molecule has 1 amide bonds. The average Bonchev–Trinajstić information content (AvgIpc) is 3.25. The molecule has 1 aromatic rings. The predicted molar refractivity (Wildman–Crippen MR) is 87.2 cm³/mol. The molecule has 3 nitrogen and oxygen atoms in total. The first kappa shape index (κ1) is 16.0. The van der Waals surface area contributed by atoms with Crippen molar-refractivity contribution in [2.24, 2.45) is 23.5 Å². The molecule has 4 atom stereocenters. The number of nitrogens with one attached hydrogen (secondary N) is 1. The van der Waals surface area contributed by atoms with Crippen LogP contribution in [0.3, 0.4) is 0 Å². The van der Waals surface area contributed by atoms with E-state index in [0.717, 1.165) is 25.7 Å². The molecule has 3 aliphatic carbocycles. The standard InChI is InChI=1S/C19H24F2N2O/c20-14-5-2-6-15(21)17(14)13-9-16(13)23-19(24)12-7-10-3-1-4-11(8-12)18(10)22/h2,5-6,10-13,16,18H,1,3-4,7-9,22H2,(H,23,24). The molecular formula is C19H24F2N2O. The van der Waals surface area contributed by atoms with Crippen LogP contribution in [0.5, 0.6) is 0 Å². The van der Waals surface area contributed by atoms with Crippen molar-refractivity contribution in [3.05, 3.63) is 35.4 Å². The second kappa shape index (κ2) is 6.10. The maximum atomic E-state index is 13.8. The Morgan fingerprint density at radius 2 is 1.71 bits per heavy atom. The molecule has 24 heavy (non-hydrogen) atoms. The number of amides is 1. The Morgan fingerprint density at radius 1 is 1.08 bits per heavy atom. The summed E-state index contributed by atoms with van der Waals surface area (Å²) in [5, 5.41) is 3.02. The second-order valence-corrected chi connectivity index (χ2v) is 7.79. The summed E-state index contributed by atoms with van der Waals surface area (Å²) in [6, 6.07) is 4.02. The molecule has 130 valence electrons. The van der Waals surface area contributed by atoms with E-state index in [2.05, 4.69) is 5.32 Å². The van der Waals surface area contributed by atoms with E-state index >= 15 is 0 Å². The molecule has 4 rings (SSSR count). The third-order valence-electron chi connectivity index (χ3n) is 6.27. The number of carbonyl (C=O) groups excluding carboxylic acids is 1. The van der Waals surface area contributed by atoms with Crippen LogP contribution in [0.4, 0.5) is 8.78 Å². The Labute approximate surface area is 141 Å². The fourth-order valence-electron chi connectivity index (χ4n) is 4.84. The van der Waals surface area contributed by atoms with Gasteiger partial charge in [-0.1, -0.05) is 12.5 Å². The van der Waals surface area contributed by atoms with Gasteiger partial charge in [-0.25, -0.2) is 8.78 Å². The van der Waals surface area contributed by atoms with Crippen molar-refractivity contribution in [1.82, 2.24) is 5.32 Å². The van der Waals surface area contributed by atoms with E-state index in [4.69, 9.17) is 5.73 Å². The molecule has 0 spiro atoms. The monoisotopic (exact) mass is 334 g/mol. The average molecular weight is 334 g/mol. The van der Waals surface area contributed by atoms with E-state index < -0.39 is 11.6 Å². The van der Waals surface area contributed by atoms with Gasteiger partial charge < -0.3 is 11.1 Å². The van der Waals surface area contributed by atoms with Gasteiger partial charge in [0.15, 0.2) is 0 Å². The van der Waals surface area contributed by atoms with Crippen LogP contribution < -0.4 is 11.1 Å². The lowest BCUT2D eigenvalue weighted by molar-refractivity contribution is -0.128. The fraction of sp³-hybridized carbons (Fsp3) is 0.632. The van der Waals surface area contributed by atoms with Gasteiger partial charge in [0.05, 0.1) is 0 Å². The molecule has 3 aliphatic rings. The second-order valence-electron chi connectivity index (χ2n) is 7.79. The van der Waals surface area contributed by atoms with Crippen LogP contribution >= 0.6 is 0 Å². The lowest BCUT2D eigenvalue weighted by Gasteiger charge is -2.43. The number of hydrogen-bond acceptors (Lipinski definition) is 2. The smallest absolute Gasteiger partial charge is 0.223 e. The Morgan fingerprint density at radius 3 is 2.33 bits per heavy atom. The van der Waals surface area contributed by atoms with Crippen LogP contribution in [-0.2, 0) is 4.79 Å². The first-order valence-corrected chi connectivity index (χ1v) is 9.04. The summed E-state index contributed by atoms with van der Waals surface area (Å²) in [5.41, 5.74) is 6.39. The van der Waals surface area contributed by atoms with Crippen LogP contribution in [0.1, 0.15) is 50.0 Å². The Balaban J connectivity index is 1.38. The van der Waals surface area contributed by atoms with Gasteiger partial charge in [0.25, 0.3) is 0 Å². The summed E-state index contributed by atoms with van der Waals surface area (Å²) in [4.78, 5) is 12.6. The summed E-state index contributed by atoms with van der Waals surface area (Å²) in [6.45, 7) is 0. The Kier molecular flexibility index (Phi) is 4.07. The Hall–Kier alpha value is -1.49. The molecule has 1 aromatic carbocycles. The van der Waals surface area contributed by atoms with Crippen LogP contribution in [0.15, 0.2) is 18.2 Å².